The number of hydrogen-bond acceptors (Lipinski definition) is 6. The molecule has 2 aromatic carbocycles. The summed E-state index contributed by atoms with van der Waals surface area (Å²) in [6.07, 6.45) is 4.13. The van der Waals surface area contributed by atoms with Crippen molar-refractivity contribution in [3.63, 3.8) is 0 Å². The molecule has 160 valence electrons. The maximum atomic E-state index is 11.9. The second-order valence-electron chi connectivity index (χ2n) is 6.53. The number of rotatable bonds is 12. The van der Waals surface area contributed by atoms with Crippen LogP contribution in [0, 0.1) is 0 Å². The van der Waals surface area contributed by atoms with Gasteiger partial charge in [-0.25, -0.2) is 5.43 Å². The van der Waals surface area contributed by atoms with Crippen LogP contribution in [-0.2, 0) is 9.59 Å². The summed E-state index contributed by atoms with van der Waals surface area (Å²) in [5, 5.41) is 25.1. The Bertz CT molecular complexity index is 854. The first-order valence-corrected chi connectivity index (χ1v) is 9.82. The van der Waals surface area contributed by atoms with Crippen molar-refractivity contribution in [2.24, 2.45) is 5.10 Å². The van der Waals surface area contributed by atoms with Crippen LogP contribution >= 0.6 is 0 Å². The molecule has 0 aromatic heterocycles. The van der Waals surface area contributed by atoms with Gasteiger partial charge >= 0.3 is 0 Å². The molecule has 0 radical (unpaired) electrons. The summed E-state index contributed by atoms with van der Waals surface area (Å²) in [7, 11) is 0. The number of nitrogens with zero attached hydrogens (tertiary/aromatic N) is 1. The Morgan fingerprint density at radius 3 is 2.43 bits per heavy atom. The highest BCUT2D eigenvalue weighted by molar-refractivity contribution is 5.92. The minimum atomic E-state index is -0.210. The smallest absolute Gasteiger partial charge is 0.240 e. The molecule has 0 aliphatic carbocycles. The molecule has 2 rings (SSSR count). The lowest BCUT2D eigenvalue weighted by molar-refractivity contribution is -0.121. The van der Waals surface area contributed by atoms with Crippen molar-refractivity contribution in [3.05, 3.63) is 54.1 Å². The third-order valence-corrected chi connectivity index (χ3v) is 4.15. The SMILES string of the molecule is O=C(CCCCCC(=O)Nc1ccccc1O)N/N=C/c1ccccc1OCCO. The van der Waals surface area contributed by atoms with Crippen LogP contribution in [0.25, 0.3) is 0 Å². The second kappa shape index (κ2) is 12.9. The number of hydrogen-bond donors (Lipinski definition) is 4. The van der Waals surface area contributed by atoms with Crippen LogP contribution in [0.15, 0.2) is 53.6 Å². The van der Waals surface area contributed by atoms with Crippen molar-refractivity contribution in [3.8, 4) is 11.5 Å². The molecule has 2 amide bonds. The maximum absolute atomic E-state index is 11.9. The quantitative estimate of drug-likeness (QED) is 0.185. The number of ether oxygens (including phenoxy) is 1. The van der Waals surface area contributed by atoms with Crippen molar-refractivity contribution in [2.45, 2.75) is 32.1 Å². The number of hydrazone groups is 1. The van der Waals surface area contributed by atoms with E-state index in [1.807, 2.05) is 12.1 Å². The number of anilines is 1. The normalized spacial score (nSPS) is 10.7. The number of nitrogens with one attached hydrogen (secondary N) is 2. The number of phenolic OH excluding ortho intramolecular Hbond substituents is 1. The number of benzene rings is 2. The van der Waals surface area contributed by atoms with Gasteiger partial charge in [0.05, 0.1) is 18.5 Å². The second-order valence-corrected chi connectivity index (χ2v) is 6.53. The molecule has 0 aliphatic heterocycles. The minimum absolute atomic E-state index is 0.0330. The van der Waals surface area contributed by atoms with E-state index in [2.05, 4.69) is 15.8 Å². The van der Waals surface area contributed by atoms with Crippen LogP contribution in [0.3, 0.4) is 0 Å². The number of aliphatic hydroxyl groups excluding tert-OH is 1. The molecule has 8 nitrogen and oxygen atoms in total. The number of unbranched alkanes of at least 4 members (excludes halogenated alkanes) is 2. The van der Waals surface area contributed by atoms with E-state index in [1.165, 1.54) is 12.3 Å². The summed E-state index contributed by atoms with van der Waals surface area (Å²) in [4.78, 5) is 23.8. The Labute approximate surface area is 175 Å². The molecule has 0 bridgehead atoms. The van der Waals surface area contributed by atoms with Crippen molar-refractivity contribution in [2.75, 3.05) is 18.5 Å². The van der Waals surface area contributed by atoms with Crippen LogP contribution in [0.2, 0.25) is 0 Å². The Balaban J connectivity index is 1.62. The lowest BCUT2D eigenvalue weighted by atomic mass is 10.1. The molecule has 8 heteroatoms. The summed E-state index contributed by atoms with van der Waals surface area (Å²) >= 11 is 0. The summed E-state index contributed by atoms with van der Waals surface area (Å²) in [5.41, 5.74) is 3.56. The molecule has 0 saturated carbocycles. The van der Waals surface area contributed by atoms with E-state index in [0.717, 1.165) is 6.42 Å². The Kier molecular flexibility index (Phi) is 9.88. The molecule has 0 fully saturated rings. The van der Waals surface area contributed by atoms with Crippen molar-refractivity contribution in [1.29, 1.82) is 0 Å². The largest absolute Gasteiger partial charge is 0.506 e. The molecule has 0 spiro atoms. The minimum Gasteiger partial charge on any atom is -0.506 e. The number of amides is 2. The topological polar surface area (TPSA) is 120 Å². The summed E-state index contributed by atoms with van der Waals surface area (Å²) in [5.74, 6) is 0.226. The van der Waals surface area contributed by atoms with Gasteiger partial charge in [-0.05, 0) is 37.1 Å². The number of aliphatic hydroxyl groups is 1. The Morgan fingerprint density at radius 2 is 1.67 bits per heavy atom. The lowest BCUT2D eigenvalue weighted by Crippen LogP contribution is -2.17. The van der Waals surface area contributed by atoms with Crippen LogP contribution in [-0.4, -0.2) is 41.5 Å². The van der Waals surface area contributed by atoms with Gasteiger partial charge in [0.1, 0.15) is 18.1 Å². The molecule has 0 unspecified atom stereocenters. The highest BCUT2D eigenvalue weighted by Crippen LogP contribution is 2.21. The van der Waals surface area contributed by atoms with Gasteiger partial charge in [-0.15, -0.1) is 0 Å². The molecular formula is C22H27N3O5. The number of para-hydroxylation sites is 3. The van der Waals surface area contributed by atoms with Crippen LogP contribution in [0.1, 0.15) is 37.7 Å². The predicted molar refractivity (Wildman–Crippen MR) is 115 cm³/mol. The zero-order chi connectivity index (χ0) is 21.6. The van der Waals surface area contributed by atoms with E-state index in [1.54, 1.807) is 30.3 Å². The maximum Gasteiger partial charge on any atom is 0.240 e. The fourth-order valence-corrected chi connectivity index (χ4v) is 2.64. The molecular weight excluding hydrogens is 386 g/mol. The summed E-state index contributed by atoms with van der Waals surface area (Å²) < 4.78 is 5.40. The first-order chi connectivity index (χ1) is 14.6. The molecule has 0 heterocycles. The molecule has 4 N–H and O–H groups in total. The van der Waals surface area contributed by atoms with Crippen molar-refractivity contribution in [1.82, 2.24) is 5.43 Å². The lowest BCUT2D eigenvalue weighted by Gasteiger charge is -2.07. The van der Waals surface area contributed by atoms with Gasteiger partial charge in [-0.2, -0.15) is 5.10 Å². The molecule has 2 aromatic rings. The fourth-order valence-electron chi connectivity index (χ4n) is 2.64. The first-order valence-electron chi connectivity index (χ1n) is 9.82. The highest BCUT2D eigenvalue weighted by atomic mass is 16.5. The Morgan fingerprint density at radius 1 is 0.967 bits per heavy atom. The van der Waals surface area contributed by atoms with Gasteiger partial charge in [0.15, 0.2) is 0 Å². The number of carbonyl (C=O) groups excluding carboxylic acids is 2. The fraction of sp³-hybridized carbons (Fsp3) is 0.318. The van der Waals surface area contributed by atoms with E-state index in [0.29, 0.717) is 42.7 Å². The van der Waals surface area contributed by atoms with E-state index < -0.39 is 0 Å². The van der Waals surface area contributed by atoms with Gasteiger partial charge in [0.25, 0.3) is 0 Å². The molecule has 0 saturated heterocycles. The van der Waals surface area contributed by atoms with E-state index in [9.17, 15) is 14.7 Å². The number of carbonyl (C=O) groups is 2. The first kappa shape index (κ1) is 22.9. The molecule has 0 atom stereocenters. The van der Waals surface area contributed by atoms with Gasteiger partial charge < -0.3 is 20.3 Å². The average Bonchev–Trinajstić information content (AvgIpc) is 2.74. The molecule has 30 heavy (non-hydrogen) atoms. The van der Waals surface area contributed by atoms with Gasteiger partial charge in [0.2, 0.25) is 11.8 Å². The van der Waals surface area contributed by atoms with E-state index in [4.69, 9.17) is 9.84 Å². The average molecular weight is 413 g/mol. The van der Waals surface area contributed by atoms with Crippen molar-refractivity contribution < 1.29 is 24.5 Å². The Hall–Kier alpha value is -3.39. The number of aromatic hydroxyl groups is 1. The van der Waals surface area contributed by atoms with Gasteiger partial charge in [0, 0.05) is 18.4 Å². The zero-order valence-electron chi connectivity index (χ0n) is 16.7. The van der Waals surface area contributed by atoms with E-state index in [-0.39, 0.29) is 30.8 Å². The van der Waals surface area contributed by atoms with E-state index >= 15 is 0 Å². The highest BCUT2D eigenvalue weighted by Gasteiger charge is 2.06. The van der Waals surface area contributed by atoms with Crippen LogP contribution < -0.4 is 15.5 Å². The summed E-state index contributed by atoms with van der Waals surface area (Å²) in [6, 6.07) is 13.8. The monoisotopic (exact) mass is 413 g/mol. The van der Waals surface area contributed by atoms with Crippen LogP contribution in [0.5, 0.6) is 11.5 Å². The van der Waals surface area contributed by atoms with Crippen molar-refractivity contribution >= 4 is 23.7 Å². The van der Waals surface area contributed by atoms with Gasteiger partial charge in [-0.1, -0.05) is 30.7 Å². The number of phenols is 1. The standard InChI is InChI=1S/C22H27N3O5/c26-14-15-30-20-11-7-4-8-17(20)16-23-25-22(29)13-3-1-2-12-21(28)24-18-9-5-6-10-19(18)27/h4-11,16,26-27H,1-3,12-15H2,(H,24,28)(H,25,29)/b23-16+. The predicted octanol–water partition coefficient (Wildman–Crippen LogP) is 2.80. The van der Waals surface area contributed by atoms with Gasteiger partial charge in [-0.3, -0.25) is 9.59 Å². The summed E-state index contributed by atoms with van der Waals surface area (Å²) in [6.45, 7) is 0.0976. The molecule has 0 aliphatic rings. The third-order valence-electron chi connectivity index (χ3n) is 4.15. The third kappa shape index (κ3) is 8.32. The van der Waals surface area contributed by atoms with Crippen LogP contribution in [0.4, 0.5) is 5.69 Å². The zero-order valence-corrected chi connectivity index (χ0v) is 16.7.